The Bertz CT molecular complexity index is 702. The second kappa shape index (κ2) is 6.63. The molecule has 2 aliphatic carbocycles. The number of benzene rings is 1. The fourth-order valence-corrected chi connectivity index (χ4v) is 4.86. The summed E-state index contributed by atoms with van der Waals surface area (Å²) in [6, 6.07) is 10.1. The van der Waals surface area contributed by atoms with Gasteiger partial charge in [-0.15, -0.1) is 10.2 Å². The van der Waals surface area contributed by atoms with Gasteiger partial charge in [0, 0.05) is 5.92 Å². The van der Waals surface area contributed by atoms with Gasteiger partial charge in [-0.05, 0) is 31.2 Å². The molecule has 1 aromatic heterocycles. The van der Waals surface area contributed by atoms with Crippen molar-refractivity contribution in [1.82, 2.24) is 10.2 Å². The molecule has 0 saturated heterocycles. The van der Waals surface area contributed by atoms with Gasteiger partial charge in [0.1, 0.15) is 5.01 Å². The Morgan fingerprint density at radius 1 is 1.04 bits per heavy atom. The molecule has 4 nitrogen and oxygen atoms in total. The third kappa shape index (κ3) is 2.86. The minimum absolute atomic E-state index is 0.0753. The van der Waals surface area contributed by atoms with Gasteiger partial charge in [0.05, 0.1) is 5.41 Å². The van der Waals surface area contributed by atoms with Gasteiger partial charge < -0.3 is 0 Å². The molecule has 4 rings (SSSR count). The summed E-state index contributed by atoms with van der Waals surface area (Å²) >= 11 is 1.56. The molecule has 2 aliphatic rings. The molecule has 0 aliphatic heterocycles. The number of hydrogen-bond acceptors (Lipinski definition) is 4. The van der Waals surface area contributed by atoms with E-state index in [2.05, 4.69) is 27.6 Å². The first-order valence-electron chi connectivity index (χ1n) is 8.98. The number of nitrogens with zero attached hydrogens (tertiary/aromatic N) is 2. The third-order valence-corrected chi connectivity index (χ3v) is 6.58. The largest absolute Gasteiger partial charge is 0.300 e. The van der Waals surface area contributed by atoms with Crippen LogP contribution in [0.1, 0.15) is 67.9 Å². The average molecular weight is 341 g/mol. The number of nitrogens with one attached hydrogen (secondary N) is 1. The van der Waals surface area contributed by atoms with E-state index in [1.165, 1.54) is 32.1 Å². The fourth-order valence-electron chi connectivity index (χ4n) is 3.95. The van der Waals surface area contributed by atoms with Crippen LogP contribution in [0.5, 0.6) is 0 Å². The van der Waals surface area contributed by atoms with Crippen molar-refractivity contribution in [2.24, 2.45) is 0 Å². The highest BCUT2D eigenvalue weighted by Gasteiger charge is 2.45. The quantitative estimate of drug-likeness (QED) is 0.881. The summed E-state index contributed by atoms with van der Waals surface area (Å²) in [5.41, 5.74) is 0.739. The lowest BCUT2D eigenvalue weighted by Crippen LogP contribution is -2.45. The molecule has 126 valence electrons. The topological polar surface area (TPSA) is 54.9 Å². The van der Waals surface area contributed by atoms with Crippen molar-refractivity contribution in [3.05, 3.63) is 40.9 Å². The molecule has 24 heavy (non-hydrogen) atoms. The lowest BCUT2D eigenvalue weighted by Gasteiger charge is -2.40. The lowest BCUT2D eigenvalue weighted by molar-refractivity contribution is -0.124. The van der Waals surface area contributed by atoms with Crippen LogP contribution in [0.15, 0.2) is 30.3 Å². The van der Waals surface area contributed by atoms with Crippen LogP contribution in [0.25, 0.3) is 0 Å². The van der Waals surface area contributed by atoms with Gasteiger partial charge in [-0.2, -0.15) is 0 Å². The zero-order valence-electron chi connectivity index (χ0n) is 13.8. The smallest absolute Gasteiger partial charge is 0.236 e. The second-order valence-corrected chi connectivity index (χ2v) is 8.05. The Morgan fingerprint density at radius 2 is 1.79 bits per heavy atom. The molecule has 1 amide bonds. The van der Waals surface area contributed by atoms with E-state index in [-0.39, 0.29) is 11.3 Å². The predicted molar refractivity (Wildman–Crippen MR) is 96.3 cm³/mol. The number of rotatable bonds is 4. The summed E-state index contributed by atoms with van der Waals surface area (Å²) in [4.78, 5) is 12.9. The highest BCUT2D eigenvalue weighted by atomic mass is 32.1. The Kier molecular flexibility index (Phi) is 4.35. The minimum atomic E-state index is -0.377. The number of carbonyl (C=O) groups excluding carboxylic acids is 1. The van der Waals surface area contributed by atoms with Crippen molar-refractivity contribution in [3.8, 4) is 0 Å². The number of aromatic nitrogens is 2. The average Bonchev–Trinajstić information content (AvgIpc) is 3.04. The monoisotopic (exact) mass is 341 g/mol. The Morgan fingerprint density at radius 3 is 2.46 bits per heavy atom. The van der Waals surface area contributed by atoms with Crippen LogP contribution >= 0.6 is 11.3 Å². The normalized spacial score (nSPS) is 20.3. The Balaban J connectivity index is 1.48. The van der Waals surface area contributed by atoms with Gasteiger partial charge in [0.15, 0.2) is 0 Å². The molecule has 1 N–H and O–H groups in total. The molecule has 0 radical (unpaired) electrons. The number of carbonyl (C=O) groups is 1. The maximum absolute atomic E-state index is 12.9. The van der Waals surface area contributed by atoms with Crippen molar-refractivity contribution in [1.29, 1.82) is 0 Å². The molecule has 0 bridgehead atoms. The third-order valence-electron chi connectivity index (χ3n) is 5.58. The van der Waals surface area contributed by atoms with E-state index in [1.54, 1.807) is 11.3 Å². The molecule has 1 aromatic carbocycles. The first-order chi connectivity index (χ1) is 11.8. The highest BCUT2D eigenvalue weighted by Crippen LogP contribution is 2.45. The molecule has 5 heteroatoms. The number of hydrogen-bond donors (Lipinski definition) is 1. The lowest BCUT2D eigenvalue weighted by atomic mass is 9.64. The summed E-state index contributed by atoms with van der Waals surface area (Å²) in [5.74, 6) is 0.611. The maximum Gasteiger partial charge on any atom is 0.236 e. The summed E-state index contributed by atoms with van der Waals surface area (Å²) in [5, 5.41) is 13.4. The summed E-state index contributed by atoms with van der Waals surface area (Å²) < 4.78 is 0. The van der Waals surface area contributed by atoms with Gasteiger partial charge in [-0.1, -0.05) is 67.4 Å². The first-order valence-corrected chi connectivity index (χ1v) is 9.80. The van der Waals surface area contributed by atoms with Crippen molar-refractivity contribution in [2.75, 3.05) is 5.32 Å². The molecular formula is C19H23N3OS. The van der Waals surface area contributed by atoms with E-state index in [4.69, 9.17) is 0 Å². The second-order valence-electron chi connectivity index (χ2n) is 7.04. The molecule has 2 aromatic rings. The minimum Gasteiger partial charge on any atom is -0.300 e. The molecule has 0 spiro atoms. The number of anilines is 1. The SMILES string of the molecule is O=C(Nc1nnc(C2CCCCC2)s1)C1(c2ccccc2)CCC1. The van der Waals surface area contributed by atoms with Crippen LogP contribution in [0.3, 0.4) is 0 Å². The predicted octanol–water partition coefficient (Wildman–Crippen LogP) is 4.65. The van der Waals surface area contributed by atoms with Crippen molar-refractivity contribution >= 4 is 22.4 Å². The zero-order valence-corrected chi connectivity index (χ0v) is 14.6. The van der Waals surface area contributed by atoms with Crippen LogP contribution in [0.4, 0.5) is 5.13 Å². The summed E-state index contributed by atoms with van der Waals surface area (Å²) in [6.07, 6.45) is 9.23. The van der Waals surface area contributed by atoms with E-state index in [0.29, 0.717) is 11.0 Å². The Labute approximate surface area is 146 Å². The van der Waals surface area contributed by atoms with E-state index in [1.807, 2.05) is 18.2 Å². The molecule has 2 fully saturated rings. The Hall–Kier alpha value is -1.75. The van der Waals surface area contributed by atoms with Crippen LogP contribution in [0, 0.1) is 0 Å². The molecule has 0 unspecified atom stereocenters. The van der Waals surface area contributed by atoms with Gasteiger partial charge in [-0.25, -0.2) is 0 Å². The molecular weight excluding hydrogens is 318 g/mol. The van der Waals surface area contributed by atoms with E-state index < -0.39 is 0 Å². The highest BCUT2D eigenvalue weighted by molar-refractivity contribution is 7.15. The first kappa shape index (κ1) is 15.8. The van der Waals surface area contributed by atoms with Gasteiger partial charge in [0.25, 0.3) is 0 Å². The molecule has 2 saturated carbocycles. The zero-order chi connectivity index (χ0) is 16.4. The van der Waals surface area contributed by atoms with Gasteiger partial charge in [0.2, 0.25) is 11.0 Å². The number of amides is 1. The van der Waals surface area contributed by atoms with E-state index >= 15 is 0 Å². The van der Waals surface area contributed by atoms with Crippen LogP contribution in [-0.2, 0) is 10.2 Å². The van der Waals surface area contributed by atoms with Crippen LogP contribution < -0.4 is 5.32 Å². The standard InChI is InChI=1S/C19H23N3OS/c23-17(19(12-7-13-19)15-10-5-2-6-11-15)20-18-22-21-16(24-18)14-8-3-1-4-9-14/h2,5-6,10-11,14H,1,3-4,7-9,12-13H2,(H,20,22,23). The van der Waals surface area contributed by atoms with Crippen molar-refractivity contribution in [3.63, 3.8) is 0 Å². The fraction of sp³-hybridized carbons (Fsp3) is 0.526. The van der Waals surface area contributed by atoms with Crippen LogP contribution in [0.2, 0.25) is 0 Å². The molecule has 0 atom stereocenters. The van der Waals surface area contributed by atoms with Gasteiger partial charge in [-0.3, -0.25) is 10.1 Å². The molecule has 1 heterocycles. The van der Waals surface area contributed by atoms with Gasteiger partial charge >= 0.3 is 0 Å². The maximum atomic E-state index is 12.9. The summed E-state index contributed by atoms with van der Waals surface area (Å²) in [7, 11) is 0. The van der Waals surface area contributed by atoms with Crippen molar-refractivity contribution in [2.45, 2.75) is 62.7 Å². The van der Waals surface area contributed by atoms with Crippen molar-refractivity contribution < 1.29 is 4.79 Å². The van der Waals surface area contributed by atoms with E-state index in [0.717, 1.165) is 29.8 Å². The van der Waals surface area contributed by atoms with Crippen LogP contribution in [-0.4, -0.2) is 16.1 Å². The van der Waals surface area contributed by atoms with E-state index in [9.17, 15) is 4.79 Å². The summed E-state index contributed by atoms with van der Waals surface area (Å²) in [6.45, 7) is 0.